The number of nitrogens with one attached hydrogen (secondary N) is 1. The monoisotopic (exact) mass is 338 g/mol. The summed E-state index contributed by atoms with van der Waals surface area (Å²) in [5.41, 5.74) is -1.01. The van der Waals surface area contributed by atoms with E-state index in [0.29, 0.717) is 11.6 Å². The first-order valence-corrected chi connectivity index (χ1v) is 6.88. The number of Topliss-reactive ketones (excluding diaryl/α,β-unsaturated/α-hetero) is 1. The molecule has 2 rings (SSSR count). The minimum atomic E-state index is -4.86. The summed E-state index contributed by atoms with van der Waals surface area (Å²) in [7, 11) is 0. The molecule has 8 heteroatoms. The third-order valence-electron chi connectivity index (χ3n) is 3.33. The Morgan fingerprint density at radius 2 is 1.79 bits per heavy atom. The summed E-state index contributed by atoms with van der Waals surface area (Å²) < 4.78 is 38.7. The largest absolute Gasteiger partial charge is 0.423 e. The minimum Gasteiger partial charge on any atom is -0.378 e. The SMILES string of the molecule is Cc1ccc(C(=O)CNc2ccc([N+](=O)[O-])c(C(F)(F)F)c2)cc1. The molecule has 0 atom stereocenters. The third kappa shape index (κ3) is 4.09. The topological polar surface area (TPSA) is 72.2 Å². The molecular weight excluding hydrogens is 325 g/mol. The number of ketones is 1. The molecule has 1 N–H and O–H groups in total. The van der Waals surface area contributed by atoms with Crippen molar-refractivity contribution in [1.29, 1.82) is 0 Å². The highest BCUT2D eigenvalue weighted by Gasteiger charge is 2.38. The number of carbonyl (C=O) groups is 1. The van der Waals surface area contributed by atoms with Crippen LogP contribution in [0.25, 0.3) is 0 Å². The maximum atomic E-state index is 12.9. The summed E-state index contributed by atoms with van der Waals surface area (Å²) in [5.74, 6) is -0.304. The average molecular weight is 338 g/mol. The quantitative estimate of drug-likeness (QED) is 0.503. The van der Waals surface area contributed by atoms with Crippen LogP contribution in [0.1, 0.15) is 21.5 Å². The number of anilines is 1. The number of hydrogen-bond acceptors (Lipinski definition) is 4. The summed E-state index contributed by atoms with van der Waals surface area (Å²) in [5, 5.41) is 13.3. The van der Waals surface area contributed by atoms with Crippen LogP contribution in [0.4, 0.5) is 24.5 Å². The predicted molar refractivity (Wildman–Crippen MR) is 82.1 cm³/mol. The molecule has 0 radical (unpaired) electrons. The molecule has 24 heavy (non-hydrogen) atoms. The number of nitrogens with zero attached hydrogens (tertiary/aromatic N) is 1. The molecule has 5 nitrogen and oxygen atoms in total. The number of aryl methyl sites for hydroxylation is 1. The van der Waals surface area contributed by atoms with Crippen LogP contribution in [0.3, 0.4) is 0 Å². The fourth-order valence-corrected chi connectivity index (χ4v) is 2.06. The summed E-state index contributed by atoms with van der Waals surface area (Å²) in [6.45, 7) is 1.64. The third-order valence-corrected chi connectivity index (χ3v) is 3.33. The maximum absolute atomic E-state index is 12.9. The second-order valence-corrected chi connectivity index (χ2v) is 5.13. The van der Waals surface area contributed by atoms with Gasteiger partial charge in [-0.3, -0.25) is 14.9 Å². The van der Waals surface area contributed by atoms with Gasteiger partial charge in [0.25, 0.3) is 5.69 Å². The second kappa shape index (κ2) is 6.69. The van der Waals surface area contributed by atoms with Crippen LogP contribution < -0.4 is 5.32 Å². The van der Waals surface area contributed by atoms with Gasteiger partial charge in [-0.2, -0.15) is 13.2 Å². The van der Waals surface area contributed by atoms with Crippen molar-refractivity contribution < 1.29 is 22.9 Å². The van der Waals surface area contributed by atoms with E-state index in [0.717, 1.165) is 17.7 Å². The molecule has 0 bridgehead atoms. The summed E-state index contributed by atoms with van der Waals surface area (Å²) in [6.07, 6.45) is -4.86. The predicted octanol–water partition coefficient (Wildman–Crippen LogP) is 4.22. The Bertz CT molecular complexity index is 771. The number of carbonyl (C=O) groups excluding carboxylic acids is 1. The van der Waals surface area contributed by atoms with Gasteiger partial charge in [0.05, 0.1) is 11.5 Å². The van der Waals surface area contributed by atoms with Crippen molar-refractivity contribution in [1.82, 2.24) is 0 Å². The Kier molecular flexibility index (Phi) is 4.87. The van der Waals surface area contributed by atoms with E-state index < -0.39 is 22.4 Å². The molecule has 126 valence electrons. The van der Waals surface area contributed by atoms with Gasteiger partial charge in [0.2, 0.25) is 0 Å². The van der Waals surface area contributed by atoms with Crippen molar-refractivity contribution in [2.45, 2.75) is 13.1 Å². The van der Waals surface area contributed by atoms with Gasteiger partial charge in [-0.05, 0) is 19.1 Å². The molecule has 0 aliphatic heterocycles. The number of rotatable bonds is 5. The van der Waals surface area contributed by atoms with Crippen LogP contribution in [-0.4, -0.2) is 17.3 Å². The second-order valence-electron chi connectivity index (χ2n) is 5.13. The fourth-order valence-electron chi connectivity index (χ4n) is 2.06. The number of nitro benzene ring substituents is 1. The average Bonchev–Trinajstić information content (AvgIpc) is 2.52. The lowest BCUT2D eigenvalue weighted by Gasteiger charge is -2.11. The van der Waals surface area contributed by atoms with E-state index in [1.165, 1.54) is 0 Å². The molecular formula is C16H13F3N2O3. The van der Waals surface area contributed by atoms with E-state index in [1.54, 1.807) is 24.3 Å². The minimum absolute atomic E-state index is 0.0200. The molecule has 0 unspecified atom stereocenters. The van der Waals surface area contributed by atoms with Crippen molar-refractivity contribution in [2.24, 2.45) is 0 Å². The van der Waals surface area contributed by atoms with Crippen molar-refractivity contribution in [3.05, 3.63) is 69.3 Å². The van der Waals surface area contributed by atoms with Crippen molar-refractivity contribution in [3.8, 4) is 0 Å². The van der Waals surface area contributed by atoms with Crippen molar-refractivity contribution in [2.75, 3.05) is 11.9 Å². The highest BCUT2D eigenvalue weighted by molar-refractivity contribution is 5.99. The smallest absolute Gasteiger partial charge is 0.378 e. The number of hydrogen-bond donors (Lipinski definition) is 1. The first-order chi connectivity index (χ1) is 11.2. The number of nitro groups is 1. The maximum Gasteiger partial charge on any atom is 0.423 e. The van der Waals surface area contributed by atoms with Crippen LogP contribution in [-0.2, 0) is 6.18 Å². The van der Waals surface area contributed by atoms with Crippen molar-refractivity contribution in [3.63, 3.8) is 0 Å². The first-order valence-electron chi connectivity index (χ1n) is 6.88. The molecule has 2 aromatic rings. The van der Waals surface area contributed by atoms with Crippen LogP contribution in [0.2, 0.25) is 0 Å². The lowest BCUT2D eigenvalue weighted by atomic mass is 10.1. The Labute approximate surface area is 135 Å². The molecule has 0 aliphatic carbocycles. The van der Waals surface area contributed by atoms with E-state index in [4.69, 9.17) is 0 Å². The number of benzene rings is 2. The van der Waals surface area contributed by atoms with E-state index >= 15 is 0 Å². The van der Waals surface area contributed by atoms with E-state index in [9.17, 15) is 28.1 Å². The molecule has 0 saturated carbocycles. The molecule has 0 amide bonds. The fraction of sp³-hybridized carbons (Fsp3) is 0.188. The van der Waals surface area contributed by atoms with E-state index in [1.807, 2.05) is 6.92 Å². The normalized spacial score (nSPS) is 11.2. The van der Waals surface area contributed by atoms with Crippen LogP contribution in [0.15, 0.2) is 42.5 Å². The van der Waals surface area contributed by atoms with Gasteiger partial charge in [-0.15, -0.1) is 0 Å². The molecule has 0 fully saturated rings. The zero-order chi connectivity index (χ0) is 17.9. The highest BCUT2D eigenvalue weighted by Crippen LogP contribution is 2.37. The van der Waals surface area contributed by atoms with Gasteiger partial charge < -0.3 is 5.32 Å². The summed E-state index contributed by atoms with van der Waals surface area (Å²) >= 11 is 0. The van der Waals surface area contributed by atoms with Crippen LogP contribution in [0.5, 0.6) is 0 Å². The lowest BCUT2D eigenvalue weighted by molar-refractivity contribution is -0.388. The zero-order valence-electron chi connectivity index (χ0n) is 12.6. The van der Waals surface area contributed by atoms with Gasteiger partial charge in [-0.1, -0.05) is 29.8 Å². The molecule has 0 spiro atoms. The summed E-state index contributed by atoms with van der Waals surface area (Å²) in [4.78, 5) is 21.6. The van der Waals surface area contributed by atoms with Gasteiger partial charge >= 0.3 is 6.18 Å². The Morgan fingerprint density at radius 3 is 2.33 bits per heavy atom. The summed E-state index contributed by atoms with van der Waals surface area (Å²) in [6, 6.07) is 9.27. The standard InChI is InChI=1S/C16H13F3N2O3/c1-10-2-4-11(5-3-10)15(22)9-20-12-6-7-14(21(23)24)13(8-12)16(17,18)19/h2-8,20H,9H2,1H3. The van der Waals surface area contributed by atoms with E-state index in [2.05, 4.69) is 5.32 Å². The van der Waals surface area contributed by atoms with Crippen LogP contribution >= 0.6 is 0 Å². The lowest BCUT2D eigenvalue weighted by Crippen LogP contribution is -2.15. The highest BCUT2D eigenvalue weighted by atomic mass is 19.4. The number of alkyl halides is 3. The van der Waals surface area contributed by atoms with Gasteiger partial charge in [-0.25, -0.2) is 0 Å². The number of halogens is 3. The Morgan fingerprint density at radius 1 is 1.17 bits per heavy atom. The van der Waals surface area contributed by atoms with Gasteiger partial charge in [0.1, 0.15) is 5.56 Å². The van der Waals surface area contributed by atoms with E-state index in [-0.39, 0.29) is 18.0 Å². The Balaban J connectivity index is 2.17. The van der Waals surface area contributed by atoms with Crippen molar-refractivity contribution >= 4 is 17.2 Å². The molecule has 2 aromatic carbocycles. The molecule has 0 heterocycles. The zero-order valence-corrected chi connectivity index (χ0v) is 12.6. The molecule has 0 aromatic heterocycles. The first kappa shape index (κ1) is 17.5. The van der Waals surface area contributed by atoms with Gasteiger partial charge in [0, 0.05) is 17.3 Å². The molecule has 0 saturated heterocycles. The Hall–Kier alpha value is -2.90. The molecule has 0 aliphatic rings. The van der Waals surface area contributed by atoms with Gasteiger partial charge in [0.15, 0.2) is 5.78 Å². The van der Waals surface area contributed by atoms with Crippen LogP contribution in [0, 0.1) is 17.0 Å².